The molecule has 2 unspecified atom stereocenters. The van der Waals surface area contributed by atoms with E-state index in [2.05, 4.69) is 32.1 Å². The van der Waals surface area contributed by atoms with Crippen molar-refractivity contribution in [2.75, 3.05) is 5.32 Å². The number of rotatable bonds is 3. The van der Waals surface area contributed by atoms with E-state index in [1.165, 1.54) is 0 Å². The van der Waals surface area contributed by atoms with E-state index in [4.69, 9.17) is 11.6 Å². The lowest BCUT2D eigenvalue weighted by atomic mass is 10.0. The van der Waals surface area contributed by atoms with Gasteiger partial charge in [0, 0.05) is 21.2 Å². The second kappa shape index (κ2) is 7.01. The second-order valence-corrected chi connectivity index (χ2v) is 6.98. The summed E-state index contributed by atoms with van der Waals surface area (Å²) in [5, 5.41) is 3.55. The molecule has 4 nitrogen and oxygen atoms in total. The maximum Gasteiger partial charge on any atom is 0.242 e. The largest absolute Gasteiger partial charge is 0.324 e. The van der Waals surface area contributed by atoms with E-state index >= 15 is 0 Å². The molecule has 1 heterocycles. The number of anilines is 1. The Balaban J connectivity index is 1.65. The highest BCUT2D eigenvalue weighted by Gasteiger charge is 2.30. The zero-order valence-electron chi connectivity index (χ0n) is 12.6. The summed E-state index contributed by atoms with van der Waals surface area (Å²) in [5.74, 6) is -0.0671. The molecule has 1 fully saturated rings. The van der Waals surface area contributed by atoms with Gasteiger partial charge in [-0.3, -0.25) is 4.79 Å². The van der Waals surface area contributed by atoms with Crippen molar-refractivity contribution in [3.05, 3.63) is 63.1 Å². The van der Waals surface area contributed by atoms with Crippen molar-refractivity contribution < 1.29 is 4.79 Å². The van der Waals surface area contributed by atoms with Gasteiger partial charge in [0.05, 0.1) is 0 Å². The van der Waals surface area contributed by atoms with Gasteiger partial charge in [0.15, 0.2) is 0 Å². The average Bonchev–Trinajstić information content (AvgIpc) is 3.02. The molecule has 1 aliphatic rings. The molecule has 2 aromatic carbocycles. The first-order chi connectivity index (χ1) is 11.0. The Labute approximate surface area is 148 Å². The molecule has 3 N–H and O–H groups in total. The van der Waals surface area contributed by atoms with Crippen molar-refractivity contribution in [2.24, 2.45) is 0 Å². The van der Waals surface area contributed by atoms with Crippen LogP contribution in [0.1, 0.15) is 23.6 Å². The maximum atomic E-state index is 12.4. The van der Waals surface area contributed by atoms with Gasteiger partial charge in [0.25, 0.3) is 0 Å². The smallest absolute Gasteiger partial charge is 0.242 e. The van der Waals surface area contributed by atoms with E-state index in [-0.39, 0.29) is 18.0 Å². The lowest BCUT2D eigenvalue weighted by Crippen LogP contribution is -2.39. The van der Waals surface area contributed by atoms with E-state index in [0.717, 1.165) is 21.3 Å². The van der Waals surface area contributed by atoms with Crippen molar-refractivity contribution in [1.82, 2.24) is 10.9 Å². The van der Waals surface area contributed by atoms with E-state index in [0.29, 0.717) is 11.4 Å². The summed E-state index contributed by atoms with van der Waals surface area (Å²) < 4.78 is 1.04. The first-order valence-electron chi connectivity index (χ1n) is 7.36. The van der Waals surface area contributed by atoms with Crippen molar-refractivity contribution in [3.8, 4) is 0 Å². The molecule has 0 saturated carbocycles. The van der Waals surface area contributed by atoms with E-state index < -0.39 is 0 Å². The third-order valence-corrected chi connectivity index (χ3v) is 4.71. The fraction of sp³-hybridized carbons (Fsp3) is 0.235. The van der Waals surface area contributed by atoms with Gasteiger partial charge < -0.3 is 5.32 Å². The minimum atomic E-state index is -0.290. The van der Waals surface area contributed by atoms with E-state index in [9.17, 15) is 4.79 Å². The SMILES string of the molecule is Cc1ccc(Cl)cc1NC(=O)C1CC(c2ccc(Br)cc2)NN1. The van der Waals surface area contributed by atoms with Crippen LogP contribution in [-0.2, 0) is 4.79 Å². The standard InChI is InChI=1S/C17H17BrClN3O/c1-10-2-7-13(19)8-14(10)20-17(23)16-9-15(21-22-16)11-3-5-12(18)6-4-11/h2-8,15-16,21-22H,9H2,1H3,(H,20,23). The third kappa shape index (κ3) is 3.93. The quantitative estimate of drug-likeness (QED) is 0.738. The highest BCUT2D eigenvalue weighted by atomic mass is 79.9. The van der Waals surface area contributed by atoms with Crippen LogP contribution in [0.4, 0.5) is 5.69 Å². The number of hydrogen-bond donors (Lipinski definition) is 3. The molecule has 1 saturated heterocycles. The van der Waals surface area contributed by atoms with Crippen molar-refractivity contribution >= 4 is 39.1 Å². The summed E-state index contributed by atoms with van der Waals surface area (Å²) >= 11 is 9.42. The van der Waals surface area contributed by atoms with Gasteiger partial charge in [-0.05, 0) is 48.7 Å². The molecule has 1 amide bonds. The third-order valence-electron chi connectivity index (χ3n) is 3.95. The minimum absolute atomic E-state index is 0.0671. The number of halogens is 2. The Morgan fingerprint density at radius 3 is 2.70 bits per heavy atom. The molecule has 120 valence electrons. The Hall–Kier alpha value is -1.40. The van der Waals surface area contributed by atoms with Crippen LogP contribution in [0.5, 0.6) is 0 Å². The number of aryl methyl sites for hydroxylation is 1. The fourth-order valence-electron chi connectivity index (χ4n) is 2.59. The molecule has 2 aromatic rings. The number of benzene rings is 2. The molecule has 1 aliphatic heterocycles. The highest BCUT2D eigenvalue weighted by molar-refractivity contribution is 9.10. The van der Waals surface area contributed by atoms with Crippen LogP contribution in [0.25, 0.3) is 0 Å². The topological polar surface area (TPSA) is 53.2 Å². The lowest BCUT2D eigenvalue weighted by molar-refractivity contribution is -0.117. The van der Waals surface area contributed by atoms with Crippen molar-refractivity contribution in [3.63, 3.8) is 0 Å². The molecule has 0 radical (unpaired) electrons. The summed E-state index contributed by atoms with van der Waals surface area (Å²) in [6.45, 7) is 1.94. The first-order valence-corrected chi connectivity index (χ1v) is 8.53. The predicted octanol–water partition coefficient (Wildman–Crippen LogP) is 3.96. The van der Waals surface area contributed by atoms with E-state index in [1.54, 1.807) is 6.07 Å². The van der Waals surface area contributed by atoms with Gasteiger partial charge in [-0.15, -0.1) is 0 Å². The molecular formula is C17H17BrClN3O. The first kappa shape index (κ1) is 16.5. The number of carbonyl (C=O) groups is 1. The normalized spacial score (nSPS) is 20.5. The lowest BCUT2D eigenvalue weighted by Gasteiger charge is -2.13. The van der Waals surface area contributed by atoms with Gasteiger partial charge in [0.2, 0.25) is 5.91 Å². The average molecular weight is 395 g/mol. The maximum absolute atomic E-state index is 12.4. The molecule has 3 rings (SSSR count). The number of nitrogens with one attached hydrogen (secondary N) is 3. The number of hydrazine groups is 1. The molecule has 6 heteroatoms. The predicted molar refractivity (Wildman–Crippen MR) is 96.4 cm³/mol. The molecule has 0 aliphatic carbocycles. The summed E-state index contributed by atoms with van der Waals surface area (Å²) in [5.41, 5.74) is 9.13. The Morgan fingerprint density at radius 2 is 1.96 bits per heavy atom. The Kier molecular flexibility index (Phi) is 5.02. The monoisotopic (exact) mass is 393 g/mol. The van der Waals surface area contributed by atoms with Gasteiger partial charge in [0.1, 0.15) is 6.04 Å². The summed E-state index contributed by atoms with van der Waals surface area (Å²) in [4.78, 5) is 12.4. The molecular weight excluding hydrogens is 378 g/mol. The van der Waals surface area contributed by atoms with Crippen LogP contribution in [0, 0.1) is 6.92 Å². The van der Waals surface area contributed by atoms with Crippen LogP contribution in [0.15, 0.2) is 46.9 Å². The zero-order valence-corrected chi connectivity index (χ0v) is 14.9. The van der Waals surface area contributed by atoms with Crippen LogP contribution in [-0.4, -0.2) is 11.9 Å². The van der Waals surface area contributed by atoms with Gasteiger partial charge in [-0.25, -0.2) is 10.9 Å². The molecule has 0 spiro atoms. The van der Waals surface area contributed by atoms with Gasteiger partial charge in [-0.1, -0.05) is 45.7 Å². The van der Waals surface area contributed by atoms with Crippen molar-refractivity contribution in [1.29, 1.82) is 0 Å². The minimum Gasteiger partial charge on any atom is -0.324 e. The van der Waals surface area contributed by atoms with Crippen LogP contribution in [0.2, 0.25) is 5.02 Å². The number of hydrogen-bond acceptors (Lipinski definition) is 3. The molecule has 0 bridgehead atoms. The summed E-state index contributed by atoms with van der Waals surface area (Å²) in [7, 11) is 0. The molecule has 0 aromatic heterocycles. The number of amides is 1. The second-order valence-electron chi connectivity index (χ2n) is 5.63. The fourth-order valence-corrected chi connectivity index (χ4v) is 3.03. The summed E-state index contributed by atoms with van der Waals surface area (Å²) in [6.07, 6.45) is 0.688. The van der Waals surface area contributed by atoms with Crippen LogP contribution in [0.3, 0.4) is 0 Å². The molecule has 23 heavy (non-hydrogen) atoms. The molecule has 2 atom stereocenters. The highest BCUT2D eigenvalue weighted by Crippen LogP contribution is 2.25. The Morgan fingerprint density at radius 1 is 1.22 bits per heavy atom. The van der Waals surface area contributed by atoms with Crippen molar-refractivity contribution in [2.45, 2.75) is 25.4 Å². The van der Waals surface area contributed by atoms with Gasteiger partial charge in [-0.2, -0.15) is 0 Å². The Bertz CT molecular complexity index is 720. The van der Waals surface area contributed by atoms with Crippen LogP contribution >= 0.6 is 27.5 Å². The van der Waals surface area contributed by atoms with Gasteiger partial charge >= 0.3 is 0 Å². The number of carbonyl (C=O) groups excluding carboxylic acids is 1. The summed E-state index contributed by atoms with van der Waals surface area (Å²) in [6, 6.07) is 13.4. The van der Waals surface area contributed by atoms with Crippen LogP contribution < -0.4 is 16.2 Å². The zero-order chi connectivity index (χ0) is 16.4. The van der Waals surface area contributed by atoms with E-state index in [1.807, 2.05) is 43.3 Å².